The Morgan fingerprint density at radius 1 is 1.26 bits per heavy atom. The Kier molecular flexibility index (Phi) is 4.69. The first-order valence-corrected chi connectivity index (χ1v) is 6.68. The summed E-state index contributed by atoms with van der Waals surface area (Å²) in [7, 11) is 0. The number of nitrogens with zero attached hydrogens (tertiary/aromatic N) is 3. The first-order chi connectivity index (χ1) is 9.06. The maximum Gasteiger partial charge on any atom is 0.179 e. The van der Waals surface area contributed by atoms with Crippen LogP contribution in [-0.2, 0) is 6.54 Å². The molecule has 0 aromatic carbocycles. The maximum atomic E-state index is 6.10. The van der Waals surface area contributed by atoms with Crippen molar-refractivity contribution in [1.82, 2.24) is 20.3 Å². The fourth-order valence-electron chi connectivity index (χ4n) is 1.50. The van der Waals surface area contributed by atoms with Crippen molar-refractivity contribution in [2.75, 3.05) is 0 Å². The van der Waals surface area contributed by atoms with E-state index in [0.717, 1.165) is 5.69 Å². The zero-order chi connectivity index (χ0) is 13.8. The molecule has 0 spiro atoms. The van der Waals surface area contributed by atoms with Crippen molar-refractivity contribution in [1.29, 1.82) is 0 Å². The zero-order valence-corrected chi connectivity index (χ0v) is 12.2. The average Bonchev–Trinajstić information content (AvgIpc) is 2.36. The van der Waals surface area contributed by atoms with Gasteiger partial charge < -0.3 is 5.32 Å². The molecule has 2 heterocycles. The van der Waals surface area contributed by atoms with Gasteiger partial charge in [0.2, 0.25) is 0 Å². The van der Waals surface area contributed by atoms with Crippen LogP contribution in [0.4, 0.5) is 0 Å². The summed E-state index contributed by atoms with van der Waals surface area (Å²) < 4.78 is 0. The first-order valence-electron chi connectivity index (χ1n) is 5.93. The molecule has 0 saturated heterocycles. The van der Waals surface area contributed by atoms with E-state index in [9.17, 15) is 0 Å². The van der Waals surface area contributed by atoms with Crippen LogP contribution in [0.2, 0.25) is 10.0 Å². The molecule has 0 bridgehead atoms. The third kappa shape index (κ3) is 3.86. The molecule has 0 amide bonds. The van der Waals surface area contributed by atoms with Crippen molar-refractivity contribution in [3.63, 3.8) is 0 Å². The van der Waals surface area contributed by atoms with Gasteiger partial charge in [-0.3, -0.25) is 0 Å². The van der Waals surface area contributed by atoms with Crippen molar-refractivity contribution in [3.8, 4) is 11.5 Å². The minimum atomic E-state index is 0.399. The van der Waals surface area contributed by atoms with Gasteiger partial charge in [-0.05, 0) is 12.1 Å². The molecule has 0 atom stereocenters. The third-order valence-electron chi connectivity index (χ3n) is 2.42. The minimum absolute atomic E-state index is 0.399. The van der Waals surface area contributed by atoms with Crippen LogP contribution in [0.1, 0.15) is 19.5 Å². The van der Waals surface area contributed by atoms with E-state index in [4.69, 9.17) is 23.2 Å². The summed E-state index contributed by atoms with van der Waals surface area (Å²) in [6.45, 7) is 4.85. The summed E-state index contributed by atoms with van der Waals surface area (Å²) in [4.78, 5) is 12.8. The van der Waals surface area contributed by atoms with Crippen molar-refractivity contribution in [3.05, 3.63) is 40.3 Å². The van der Waals surface area contributed by atoms with Gasteiger partial charge in [0.15, 0.2) is 5.82 Å². The highest BCUT2D eigenvalue weighted by molar-refractivity contribution is 6.35. The van der Waals surface area contributed by atoms with Gasteiger partial charge in [0.05, 0.1) is 15.7 Å². The molecule has 2 aromatic rings. The standard InChI is InChI=1S/C13H14Cl2N4/c1-8(2)17-7-10-3-4-16-13(19-10)12-11(15)5-9(14)6-18-12/h3-6,8,17H,7H2,1-2H3. The van der Waals surface area contributed by atoms with Crippen LogP contribution in [0, 0.1) is 0 Å². The lowest BCUT2D eigenvalue weighted by Crippen LogP contribution is -2.22. The van der Waals surface area contributed by atoms with E-state index in [1.165, 1.54) is 6.20 Å². The van der Waals surface area contributed by atoms with Crippen LogP contribution in [0.25, 0.3) is 11.5 Å². The van der Waals surface area contributed by atoms with E-state index < -0.39 is 0 Å². The molecule has 0 saturated carbocycles. The molecule has 2 aromatic heterocycles. The number of hydrogen-bond acceptors (Lipinski definition) is 4. The van der Waals surface area contributed by atoms with Gasteiger partial charge in [0.1, 0.15) is 5.69 Å². The molecule has 2 rings (SSSR count). The molecular weight excluding hydrogens is 283 g/mol. The lowest BCUT2D eigenvalue weighted by atomic mass is 10.3. The quantitative estimate of drug-likeness (QED) is 0.940. The maximum absolute atomic E-state index is 6.10. The van der Waals surface area contributed by atoms with Crippen LogP contribution in [0.3, 0.4) is 0 Å². The minimum Gasteiger partial charge on any atom is -0.309 e. The highest BCUT2D eigenvalue weighted by Gasteiger charge is 2.09. The Morgan fingerprint density at radius 2 is 2.05 bits per heavy atom. The molecule has 0 fully saturated rings. The Morgan fingerprint density at radius 3 is 2.74 bits per heavy atom. The molecule has 0 aliphatic heterocycles. The summed E-state index contributed by atoms with van der Waals surface area (Å²) in [5.41, 5.74) is 1.43. The van der Waals surface area contributed by atoms with Crippen LogP contribution in [0.5, 0.6) is 0 Å². The first kappa shape index (κ1) is 14.2. The lowest BCUT2D eigenvalue weighted by Gasteiger charge is -2.08. The molecule has 19 heavy (non-hydrogen) atoms. The van der Waals surface area contributed by atoms with E-state index in [1.807, 2.05) is 6.07 Å². The highest BCUT2D eigenvalue weighted by atomic mass is 35.5. The predicted molar refractivity (Wildman–Crippen MR) is 77.3 cm³/mol. The molecule has 0 aliphatic carbocycles. The monoisotopic (exact) mass is 296 g/mol. The van der Waals surface area contributed by atoms with Crippen molar-refractivity contribution in [2.45, 2.75) is 26.4 Å². The second-order valence-corrected chi connectivity index (χ2v) is 5.23. The second kappa shape index (κ2) is 6.28. The van der Waals surface area contributed by atoms with Gasteiger partial charge >= 0.3 is 0 Å². The van der Waals surface area contributed by atoms with E-state index in [1.54, 1.807) is 12.3 Å². The summed E-state index contributed by atoms with van der Waals surface area (Å²) in [6.07, 6.45) is 3.23. The summed E-state index contributed by atoms with van der Waals surface area (Å²) in [5, 5.41) is 4.24. The Hall–Kier alpha value is -1.23. The van der Waals surface area contributed by atoms with E-state index in [2.05, 4.69) is 34.1 Å². The average molecular weight is 297 g/mol. The molecule has 100 valence electrons. The SMILES string of the molecule is CC(C)NCc1ccnc(-c2ncc(Cl)cc2Cl)n1. The molecule has 4 nitrogen and oxygen atoms in total. The number of hydrogen-bond donors (Lipinski definition) is 1. The fourth-order valence-corrected chi connectivity index (χ4v) is 1.96. The zero-order valence-electron chi connectivity index (χ0n) is 10.7. The summed E-state index contributed by atoms with van der Waals surface area (Å²) in [5.74, 6) is 0.504. The van der Waals surface area contributed by atoms with Crippen LogP contribution >= 0.6 is 23.2 Å². The predicted octanol–water partition coefficient (Wildman–Crippen LogP) is 3.34. The van der Waals surface area contributed by atoms with Gasteiger partial charge in [-0.25, -0.2) is 15.0 Å². The Bertz CT molecular complexity index is 572. The molecule has 0 radical (unpaired) electrons. The topological polar surface area (TPSA) is 50.7 Å². The van der Waals surface area contributed by atoms with Crippen LogP contribution in [0.15, 0.2) is 24.5 Å². The van der Waals surface area contributed by atoms with Crippen molar-refractivity contribution < 1.29 is 0 Å². The van der Waals surface area contributed by atoms with Gasteiger partial charge in [0, 0.05) is 25.0 Å². The Labute approximate surface area is 122 Å². The Balaban J connectivity index is 2.27. The third-order valence-corrected chi connectivity index (χ3v) is 2.92. The summed E-state index contributed by atoms with van der Waals surface area (Å²) >= 11 is 11.9. The second-order valence-electron chi connectivity index (χ2n) is 4.39. The number of rotatable bonds is 4. The molecule has 1 N–H and O–H groups in total. The number of nitrogens with one attached hydrogen (secondary N) is 1. The van der Waals surface area contributed by atoms with Crippen molar-refractivity contribution in [2.24, 2.45) is 0 Å². The molecule has 6 heteroatoms. The summed E-state index contributed by atoms with van der Waals surface area (Å²) in [6, 6.07) is 3.90. The van der Waals surface area contributed by atoms with E-state index >= 15 is 0 Å². The molecule has 0 aliphatic rings. The largest absolute Gasteiger partial charge is 0.309 e. The lowest BCUT2D eigenvalue weighted by molar-refractivity contribution is 0.581. The molecule has 0 unspecified atom stereocenters. The van der Waals surface area contributed by atoms with Gasteiger partial charge in [-0.1, -0.05) is 37.0 Å². The van der Waals surface area contributed by atoms with E-state index in [0.29, 0.717) is 34.2 Å². The highest BCUT2D eigenvalue weighted by Crippen LogP contribution is 2.25. The fraction of sp³-hybridized carbons (Fsp3) is 0.308. The van der Waals surface area contributed by atoms with Gasteiger partial charge in [-0.15, -0.1) is 0 Å². The van der Waals surface area contributed by atoms with Crippen molar-refractivity contribution >= 4 is 23.2 Å². The van der Waals surface area contributed by atoms with Gasteiger partial charge in [-0.2, -0.15) is 0 Å². The number of halogens is 2. The van der Waals surface area contributed by atoms with E-state index in [-0.39, 0.29) is 0 Å². The van der Waals surface area contributed by atoms with Gasteiger partial charge in [0.25, 0.3) is 0 Å². The molecular formula is C13H14Cl2N4. The number of pyridine rings is 1. The van der Waals surface area contributed by atoms with Crippen LogP contribution < -0.4 is 5.32 Å². The normalized spacial score (nSPS) is 11.0. The van der Waals surface area contributed by atoms with Crippen LogP contribution in [-0.4, -0.2) is 21.0 Å². The number of aromatic nitrogens is 3. The smallest absolute Gasteiger partial charge is 0.179 e.